The SMILES string of the molecule is O=C(NCCC1=CCCCC1)c1ccc(N2CCOc3ccccc32)s1. The van der Waals surface area contributed by atoms with Crippen LogP contribution in [0.15, 0.2) is 48.0 Å². The summed E-state index contributed by atoms with van der Waals surface area (Å²) in [6, 6.07) is 12.0. The number of amides is 1. The Kier molecular flexibility index (Phi) is 5.25. The molecule has 2 aliphatic rings. The molecule has 0 spiro atoms. The van der Waals surface area contributed by atoms with Gasteiger partial charge in [0.15, 0.2) is 0 Å². The smallest absolute Gasteiger partial charge is 0.261 e. The van der Waals surface area contributed by atoms with Gasteiger partial charge in [0, 0.05) is 6.54 Å². The molecule has 1 aromatic heterocycles. The second kappa shape index (κ2) is 7.96. The number of ether oxygens (including phenoxy) is 1. The molecule has 136 valence electrons. The number of hydrogen-bond donors (Lipinski definition) is 1. The van der Waals surface area contributed by atoms with Gasteiger partial charge in [0.25, 0.3) is 5.91 Å². The maximum atomic E-state index is 12.5. The van der Waals surface area contributed by atoms with Gasteiger partial charge in [-0.1, -0.05) is 23.8 Å². The number of anilines is 2. The Morgan fingerprint density at radius 2 is 2.12 bits per heavy atom. The Labute approximate surface area is 158 Å². The van der Waals surface area contributed by atoms with Gasteiger partial charge in [-0.3, -0.25) is 4.79 Å². The summed E-state index contributed by atoms with van der Waals surface area (Å²) < 4.78 is 5.72. The van der Waals surface area contributed by atoms with Gasteiger partial charge in [-0.25, -0.2) is 0 Å². The summed E-state index contributed by atoms with van der Waals surface area (Å²) in [4.78, 5) is 15.5. The van der Waals surface area contributed by atoms with Gasteiger partial charge in [0.1, 0.15) is 12.4 Å². The molecule has 0 atom stereocenters. The van der Waals surface area contributed by atoms with Gasteiger partial charge in [-0.05, 0) is 56.4 Å². The van der Waals surface area contributed by atoms with Crippen molar-refractivity contribution in [2.24, 2.45) is 0 Å². The fraction of sp³-hybridized carbons (Fsp3) is 0.381. The van der Waals surface area contributed by atoms with Crippen molar-refractivity contribution in [3.63, 3.8) is 0 Å². The van der Waals surface area contributed by atoms with E-state index in [0.29, 0.717) is 6.61 Å². The first kappa shape index (κ1) is 17.2. The average Bonchev–Trinajstić information content (AvgIpc) is 3.18. The van der Waals surface area contributed by atoms with Crippen molar-refractivity contribution in [2.75, 3.05) is 24.6 Å². The zero-order valence-electron chi connectivity index (χ0n) is 14.9. The summed E-state index contributed by atoms with van der Waals surface area (Å²) in [7, 11) is 0. The van der Waals surface area contributed by atoms with Crippen molar-refractivity contribution in [1.29, 1.82) is 0 Å². The number of para-hydroxylation sites is 2. The summed E-state index contributed by atoms with van der Waals surface area (Å²) in [5, 5.41) is 4.15. The van der Waals surface area contributed by atoms with Crippen LogP contribution in [0.3, 0.4) is 0 Å². The van der Waals surface area contributed by atoms with Crippen molar-refractivity contribution >= 4 is 27.9 Å². The molecule has 1 aliphatic heterocycles. The highest BCUT2D eigenvalue weighted by molar-refractivity contribution is 7.18. The van der Waals surface area contributed by atoms with Gasteiger partial charge < -0.3 is 15.0 Å². The van der Waals surface area contributed by atoms with Crippen LogP contribution >= 0.6 is 11.3 Å². The average molecular weight is 369 g/mol. The normalized spacial score (nSPS) is 16.5. The molecule has 0 saturated heterocycles. The molecule has 2 heterocycles. The van der Waals surface area contributed by atoms with Crippen LogP contribution in [0, 0.1) is 0 Å². The van der Waals surface area contributed by atoms with Gasteiger partial charge in [0.05, 0.1) is 22.1 Å². The van der Waals surface area contributed by atoms with E-state index < -0.39 is 0 Å². The number of nitrogens with zero attached hydrogens (tertiary/aromatic N) is 1. The van der Waals surface area contributed by atoms with E-state index in [4.69, 9.17) is 4.74 Å². The summed E-state index contributed by atoms with van der Waals surface area (Å²) >= 11 is 1.54. The van der Waals surface area contributed by atoms with Crippen LogP contribution in [-0.2, 0) is 0 Å². The van der Waals surface area contributed by atoms with Gasteiger partial charge in [-0.15, -0.1) is 11.3 Å². The molecular weight excluding hydrogens is 344 g/mol. The molecule has 1 aromatic carbocycles. The van der Waals surface area contributed by atoms with Crippen molar-refractivity contribution in [1.82, 2.24) is 5.32 Å². The minimum absolute atomic E-state index is 0.0270. The van der Waals surface area contributed by atoms with Crippen LogP contribution in [0.25, 0.3) is 0 Å². The largest absolute Gasteiger partial charge is 0.490 e. The van der Waals surface area contributed by atoms with Crippen LogP contribution in [0.2, 0.25) is 0 Å². The third kappa shape index (κ3) is 3.78. The number of carbonyl (C=O) groups is 1. The van der Waals surface area contributed by atoms with Gasteiger partial charge in [0.2, 0.25) is 0 Å². The number of allylic oxidation sites excluding steroid dienone is 1. The van der Waals surface area contributed by atoms with E-state index in [2.05, 4.69) is 22.4 Å². The summed E-state index contributed by atoms with van der Waals surface area (Å²) in [6.45, 7) is 2.18. The zero-order valence-corrected chi connectivity index (χ0v) is 15.7. The van der Waals surface area contributed by atoms with Crippen LogP contribution in [-0.4, -0.2) is 25.6 Å². The lowest BCUT2D eigenvalue weighted by molar-refractivity contribution is 0.0958. The molecule has 4 rings (SSSR count). The van der Waals surface area contributed by atoms with Gasteiger partial charge >= 0.3 is 0 Å². The fourth-order valence-electron chi connectivity index (χ4n) is 3.55. The van der Waals surface area contributed by atoms with E-state index in [0.717, 1.165) is 40.8 Å². The van der Waals surface area contributed by atoms with E-state index >= 15 is 0 Å². The minimum Gasteiger partial charge on any atom is -0.490 e. The van der Waals surface area contributed by atoms with Gasteiger partial charge in [-0.2, -0.15) is 0 Å². The minimum atomic E-state index is 0.0270. The number of fused-ring (bicyclic) bond motifs is 1. The lowest BCUT2D eigenvalue weighted by atomic mass is 9.97. The summed E-state index contributed by atoms with van der Waals surface area (Å²) in [6.07, 6.45) is 8.29. The Balaban J connectivity index is 1.38. The van der Waals surface area contributed by atoms with E-state index in [1.54, 1.807) is 11.3 Å². The fourth-order valence-corrected chi connectivity index (χ4v) is 4.51. The number of hydrogen-bond acceptors (Lipinski definition) is 4. The highest BCUT2D eigenvalue weighted by Gasteiger charge is 2.21. The van der Waals surface area contributed by atoms with Crippen molar-refractivity contribution < 1.29 is 9.53 Å². The standard InChI is InChI=1S/C21H24N2O2S/c24-21(22-13-12-16-6-2-1-3-7-16)19-10-11-20(26-19)23-14-15-25-18-9-5-4-8-17(18)23/h4-6,8-11H,1-3,7,12-15H2,(H,22,24). The molecule has 0 fully saturated rings. The molecule has 5 heteroatoms. The van der Waals surface area contributed by atoms with E-state index in [1.165, 1.54) is 31.3 Å². The lowest BCUT2D eigenvalue weighted by Crippen LogP contribution is -2.27. The first-order valence-corrected chi connectivity index (χ1v) is 10.2. The third-order valence-corrected chi connectivity index (χ3v) is 6.03. The van der Waals surface area contributed by atoms with Crippen molar-refractivity contribution in [2.45, 2.75) is 32.1 Å². The van der Waals surface area contributed by atoms with Crippen LogP contribution < -0.4 is 15.0 Å². The number of rotatable bonds is 5. The lowest BCUT2D eigenvalue weighted by Gasteiger charge is -2.29. The first-order valence-electron chi connectivity index (χ1n) is 9.36. The van der Waals surface area contributed by atoms with Crippen LogP contribution in [0.1, 0.15) is 41.8 Å². The Hall–Kier alpha value is -2.27. The summed E-state index contributed by atoms with van der Waals surface area (Å²) in [5.74, 6) is 0.929. The van der Waals surface area contributed by atoms with Crippen LogP contribution in [0.5, 0.6) is 5.75 Å². The van der Waals surface area contributed by atoms with Crippen molar-refractivity contribution in [3.8, 4) is 5.75 Å². The topological polar surface area (TPSA) is 41.6 Å². The molecule has 2 aromatic rings. The number of nitrogens with one attached hydrogen (secondary N) is 1. The van der Waals surface area contributed by atoms with Crippen LogP contribution in [0.4, 0.5) is 10.7 Å². The Morgan fingerprint density at radius 3 is 3.00 bits per heavy atom. The molecule has 26 heavy (non-hydrogen) atoms. The second-order valence-electron chi connectivity index (χ2n) is 6.72. The Bertz CT molecular complexity index is 812. The van der Waals surface area contributed by atoms with E-state index in [-0.39, 0.29) is 5.91 Å². The van der Waals surface area contributed by atoms with Crippen molar-refractivity contribution in [3.05, 3.63) is 52.9 Å². The monoisotopic (exact) mass is 368 g/mol. The first-order chi connectivity index (χ1) is 12.8. The molecule has 0 unspecified atom stereocenters. The second-order valence-corrected chi connectivity index (χ2v) is 7.78. The molecular formula is C21H24N2O2S. The molecule has 1 aliphatic carbocycles. The predicted octanol–water partition coefficient (Wildman–Crippen LogP) is 4.90. The molecule has 0 radical (unpaired) electrons. The number of thiophene rings is 1. The summed E-state index contributed by atoms with van der Waals surface area (Å²) in [5.41, 5.74) is 2.56. The molecule has 0 saturated carbocycles. The highest BCUT2D eigenvalue weighted by Crippen LogP contribution is 2.39. The predicted molar refractivity (Wildman–Crippen MR) is 107 cm³/mol. The molecule has 1 amide bonds. The maximum absolute atomic E-state index is 12.5. The number of benzene rings is 1. The maximum Gasteiger partial charge on any atom is 0.261 e. The third-order valence-electron chi connectivity index (χ3n) is 4.93. The quantitative estimate of drug-likeness (QED) is 0.763. The molecule has 0 bridgehead atoms. The Morgan fingerprint density at radius 1 is 1.19 bits per heavy atom. The number of carbonyl (C=O) groups excluding carboxylic acids is 1. The zero-order chi connectivity index (χ0) is 17.8. The van der Waals surface area contributed by atoms with E-state index in [1.807, 2.05) is 30.3 Å². The van der Waals surface area contributed by atoms with E-state index in [9.17, 15) is 4.79 Å². The molecule has 1 N–H and O–H groups in total. The highest BCUT2D eigenvalue weighted by atomic mass is 32.1. The molecule has 4 nitrogen and oxygen atoms in total.